The number of aromatic carboxylic acids is 1. The Morgan fingerprint density at radius 3 is 2.44 bits per heavy atom. The first-order valence-corrected chi connectivity index (χ1v) is 6.18. The molecule has 2 rings (SSSR count). The van der Waals surface area contributed by atoms with Crippen molar-refractivity contribution in [2.75, 3.05) is 6.61 Å². The highest BCUT2D eigenvalue weighted by molar-refractivity contribution is 5.89. The van der Waals surface area contributed by atoms with Gasteiger partial charge in [-0.15, -0.1) is 0 Å². The molecule has 1 N–H and O–H groups in total. The lowest BCUT2D eigenvalue weighted by atomic mass is 9.79. The summed E-state index contributed by atoms with van der Waals surface area (Å²) in [6.45, 7) is 11.0. The van der Waals surface area contributed by atoms with Gasteiger partial charge in [0.05, 0.1) is 12.2 Å². The number of benzene rings is 1. The maximum absolute atomic E-state index is 11.3. The topological polar surface area (TPSA) is 46.5 Å². The van der Waals surface area contributed by atoms with Crippen molar-refractivity contribution in [3.63, 3.8) is 0 Å². The lowest BCUT2D eigenvalue weighted by Gasteiger charge is -2.23. The summed E-state index contributed by atoms with van der Waals surface area (Å²) in [6, 6.07) is 3.49. The molecule has 0 radical (unpaired) electrons. The van der Waals surface area contributed by atoms with Gasteiger partial charge in [0, 0.05) is 16.5 Å². The van der Waals surface area contributed by atoms with E-state index in [1.165, 1.54) is 0 Å². The molecule has 1 aliphatic rings. The second-order valence-corrected chi connectivity index (χ2v) is 6.63. The monoisotopic (exact) mass is 248 g/mol. The first kappa shape index (κ1) is 12.9. The van der Waals surface area contributed by atoms with Crippen LogP contribution in [0, 0.1) is 0 Å². The third-order valence-electron chi connectivity index (χ3n) is 3.45. The highest BCUT2D eigenvalue weighted by Crippen LogP contribution is 2.45. The van der Waals surface area contributed by atoms with E-state index in [0.29, 0.717) is 12.2 Å². The Labute approximate surface area is 108 Å². The number of fused-ring (bicyclic) bond motifs is 1. The molecular weight excluding hydrogens is 228 g/mol. The molecule has 1 aromatic carbocycles. The van der Waals surface area contributed by atoms with Crippen LogP contribution in [0.4, 0.5) is 0 Å². The highest BCUT2D eigenvalue weighted by atomic mass is 16.5. The van der Waals surface area contributed by atoms with Gasteiger partial charge in [-0.3, -0.25) is 0 Å². The zero-order valence-corrected chi connectivity index (χ0v) is 11.6. The smallest absolute Gasteiger partial charge is 0.335 e. The van der Waals surface area contributed by atoms with Gasteiger partial charge in [0.15, 0.2) is 0 Å². The summed E-state index contributed by atoms with van der Waals surface area (Å²) in [6.07, 6.45) is 0. The van der Waals surface area contributed by atoms with Gasteiger partial charge < -0.3 is 9.84 Å². The average molecular weight is 248 g/mol. The average Bonchev–Trinajstić information content (AvgIpc) is 2.52. The van der Waals surface area contributed by atoms with Gasteiger partial charge in [-0.1, -0.05) is 34.6 Å². The normalized spacial score (nSPS) is 17.2. The van der Waals surface area contributed by atoms with Crippen molar-refractivity contribution in [1.29, 1.82) is 0 Å². The molecule has 1 heterocycles. The molecule has 0 fully saturated rings. The number of carbonyl (C=O) groups is 1. The third kappa shape index (κ3) is 1.98. The predicted octanol–water partition coefficient (Wildman–Crippen LogP) is 3.35. The molecule has 0 aliphatic carbocycles. The third-order valence-corrected chi connectivity index (χ3v) is 3.45. The van der Waals surface area contributed by atoms with Crippen molar-refractivity contribution in [3.05, 3.63) is 28.8 Å². The van der Waals surface area contributed by atoms with E-state index in [0.717, 1.165) is 16.9 Å². The van der Waals surface area contributed by atoms with Crippen LogP contribution in [0.1, 0.15) is 56.1 Å². The van der Waals surface area contributed by atoms with Gasteiger partial charge in [0.2, 0.25) is 0 Å². The fraction of sp³-hybridized carbons (Fsp3) is 0.533. The number of hydrogen-bond donors (Lipinski definition) is 1. The van der Waals surface area contributed by atoms with Crippen LogP contribution in [-0.2, 0) is 10.8 Å². The standard InChI is InChI=1S/C15H20O3/c1-14(2,3)10-6-9(13(16)17)7-11-12(10)18-8-15(11,4)5/h6-7H,8H2,1-5H3,(H,16,17). The molecule has 18 heavy (non-hydrogen) atoms. The van der Waals surface area contributed by atoms with Crippen molar-refractivity contribution in [1.82, 2.24) is 0 Å². The Balaban J connectivity index is 2.73. The number of hydrogen-bond acceptors (Lipinski definition) is 2. The lowest BCUT2D eigenvalue weighted by molar-refractivity contribution is 0.0696. The van der Waals surface area contributed by atoms with Gasteiger partial charge in [0.25, 0.3) is 0 Å². The molecule has 0 saturated carbocycles. The summed E-state index contributed by atoms with van der Waals surface area (Å²) in [4.78, 5) is 11.3. The van der Waals surface area contributed by atoms with Crippen LogP contribution in [0.3, 0.4) is 0 Å². The van der Waals surface area contributed by atoms with Crippen molar-refractivity contribution in [3.8, 4) is 5.75 Å². The molecule has 3 heteroatoms. The Morgan fingerprint density at radius 1 is 1.33 bits per heavy atom. The number of rotatable bonds is 1. The second-order valence-electron chi connectivity index (χ2n) is 6.63. The molecule has 0 aromatic heterocycles. The lowest BCUT2D eigenvalue weighted by Crippen LogP contribution is -2.19. The van der Waals surface area contributed by atoms with Crippen LogP contribution in [-0.4, -0.2) is 17.7 Å². The summed E-state index contributed by atoms with van der Waals surface area (Å²) >= 11 is 0. The molecule has 1 aliphatic heterocycles. The zero-order valence-electron chi connectivity index (χ0n) is 11.6. The minimum absolute atomic E-state index is 0.124. The largest absolute Gasteiger partial charge is 0.492 e. The number of carboxylic acids is 1. The molecule has 0 amide bonds. The second kappa shape index (κ2) is 3.74. The van der Waals surface area contributed by atoms with Crippen LogP contribution in [0.2, 0.25) is 0 Å². The number of carboxylic acid groups (broad SMARTS) is 1. The number of ether oxygens (including phenoxy) is 1. The van der Waals surface area contributed by atoms with E-state index in [4.69, 9.17) is 4.74 Å². The molecule has 0 spiro atoms. The maximum atomic E-state index is 11.3. The Morgan fingerprint density at radius 2 is 1.94 bits per heavy atom. The summed E-state index contributed by atoms with van der Waals surface area (Å²) in [7, 11) is 0. The van der Waals surface area contributed by atoms with Crippen molar-refractivity contribution >= 4 is 5.97 Å². The Hall–Kier alpha value is -1.51. The maximum Gasteiger partial charge on any atom is 0.335 e. The molecular formula is C15H20O3. The molecule has 0 unspecified atom stereocenters. The fourth-order valence-corrected chi connectivity index (χ4v) is 2.30. The van der Waals surface area contributed by atoms with Crippen molar-refractivity contribution < 1.29 is 14.6 Å². The van der Waals surface area contributed by atoms with E-state index in [2.05, 4.69) is 34.6 Å². The summed E-state index contributed by atoms with van der Waals surface area (Å²) in [5, 5.41) is 9.24. The Bertz CT molecular complexity index is 507. The quantitative estimate of drug-likeness (QED) is 0.829. The SMILES string of the molecule is CC(C)(C)c1cc(C(=O)O)cc2c1OCC2(C)C. The van der Waals surface area contributed by atoms with Crippen LogP contribution in [0.15, 0.2) is 12.1 Å². The minimum Gasteiger partial charge on any atom is -0.492 e. The van der Waals surface area contributed by atoms with Gasteiger partial charge in [-0.25, -0.2) is 4.79 Å². The van der Waals surface area contributed by atoms with E-state index >= 15 is 0 Å². The van der Waals surface area contributed by atoms with Gasteiger partial charge >= 0.3 is 5.97 Å². The van der Waals surface area contributed by atoms with Gasteiger partial charge in [0.1, 0.15) is 5.75 Å². The first-order valence-electron chi connectivity index (χ1n) is 6.18. The van der Waals surface area contributed by atoms with Crippen molar-refractivity contribution in [2.45, 2.75) is 45.4 Å². The van der Waals surface area contributed by atoms with Crippen LogP contribution >= 0.6 is 0 Å². The van der Waals surface area contributed by atoms with E-state index in [1.54, 1.807) is 12.1 Å². The molecule has 0 bridgehead atoms. The minimum atomic E-state index is -0.883. The van der Waals surface area contributed by atoms with Crippen LogP contribution in [0.5, 0.6) is 5.75 Å². The molecule has 0 atom stereocenters. The summed E-state index contributed by atoms with van der Waals surface area (Å²) < 4.78 is 5.81. The molecule has 0 saturated heterocycles. The van der Waals surface area contributed by atoms with Gasteiger partial charge in [-0.2, -0.15) is 0 Å². The van der Waals surface area contributed by atoms with Crippen LogP contribution < -0.4 is 4.74 Å². The summed E-state index contributed by atoms with van der Waals surface area (Å²) in [5.41, 5.74) is 2.07. The van der Waals surface area contributed by atoms with E-state index in [9.17, 15) is 9.90 Å². The zero-order chi connectivity index (χ0) is 13.7. The highest BCUT2D eigenvalue weighted by Gasteiger charge is 2.36. The summed E-state index contributed by atoms with van der Waals surface area (Å²) in [5.74, 6) is -0.0106. The van der Waals surface area contributed by atoms with E-state index in [1.807, 2.05) is 0 Å². The first-order chi connectivity index (χ1) is 8.13. The predicted molar refractivity (Wildman–Crippen MR) is 70.6 cm³/mol. The fourth-order valence-electron chi connectivity index (χ4n) is 2.30. The molecule has 1 aromatic rings. The van der Waals surface area contributed by atoms with E-state index in [-0.39, 0.29) is 10.8 Å². The van der Waals surface area contributed by atoms with Crippen molar-refractivity contribution in [2.24, 2.45) is 0 Å². The molecule has 98 valence electrons. The van der Waals surface area contributed by atoms with E-state index < -0.39 is 5.97 Å². The molecule has 3 nitrogen and oxygen atoms in total. The van der Waals surface area contributed by atoms with Crippen LogP contribution in [0.25, 0.3) is 0 Å². The Kier molecular flexibility index (Phi) is 2.69. The van der Waals surface area contributed by atoms with Gasteiger partial charge in [-0.05, 0) is 17.5 Å².